The van der Waals surface area contributed by atoms with E-state index in [1.807, 2.05) is 24.3 Å². The van der Waals surface area contributed by atoms with Gasteiger partial charge in [-0.2, -0.15) is 5.26 Å². The first kappa shape index (κ1) is 9.54. The topological polar surface area (TPSA) is 23.8 Å². The number of benzene rings is 1. The van der Waals surface area contributed by atoms with Crippen molar-refractivity contribution < 1.29 is 0 Å². The molecule has 0 N–H and O–H groups in total. The van der Waals surface area contributed by atoms with Gasteiger partial charge in [0.15, 0.2) is 0 Å². The molecule has 0 unspecified atom stereocenters. The zero-order valence-corrected chi connectivity index (χ0v) is 7.99. The van der Waals surface area contributed by atoms with Crippen LogP contribution in [0.2, 0.25) is 0 Å². The van der Waals surface area contributed by atoms with Crippen molar-refractivity contribution in [2.45, 2.75) is 19.8 Å². The third-order valence-electron chi connectivity index (χ3n) is 1.95. The molecule has 0 saturated heterocycles. The molecular weight excluding hydrogens is 158 g/mol. The lowest BCUT2D eigenvalue weighted by molar-refractivity contribution is 0.866. The summed E-state index contributed by atoms with van der Waals surface area (Å²) in [5, 5.41) is 8.33. The monoisotopic (exact) mass is 171 g/mol. The second kappa shape index (κ2) is 4.47. The summed E-state index contributed by atoms with van der Waals surface area (Å²) in [7, 11) is 0. The summed E-state index contributed by atoms with van der Waals surface area (Å²) in [6.45, 7) is 4.33. The standard InChI is InChI=1S/C12H13N/c1-10(2)12-7-5-11(6-8-12)4-3-9-13/h3-8,10H,1-2H3/b4-3-. The molecule has 0 aliphatic heterocycles. The Morgan fingerprint density at radius 2 is 1.85 bits per heavy atom. The van der Waals surface area contributed by atoms with E-state index in [1.54, 1.807) is 0 Å². The Kier molecular flexibility index (Phi) is 3.28. The lowest BCUT2D eigenvalue weighted by Gasteiger charge is -2.04. The Balaban J connectivity index is 2.83. The molecule has 0 fully saturated rings. The van der Waals surface area contributed by atoms with E-state index in [9.17, 15) is 0 Å². The number of allylic oxidation sites excluding steroid dienone is 1. The summed E-state index contributed by atoms with van der Waals surface area (Å²) in [5.74, 6) is 0.564. The minimum Gasteiger partial charge on any atom is -0.193 e. The van der Waals surface area contributed by atoms with Gasteiger partial charge in [0.2, 0.25) is 0 Å². The molecule has 0 atom stereocenters. The molecule has 0 saturated carbocycles. The molecule has 0 heterocycles. The van der Waals surface area contributed by atoms with Crippen molar-refractivity contribution >= 4 is 6.08 Å². The SMILES string of the molecule is CC(C)c1ccc(/C=C\C#N)cc1. The zero-order chi connectivity index (χ0) is 9.68. The molecule has 66 valence electrons. The highest BCUT2D eigenvalue weighted by Crippen LogP contribution is 2.15. The van der Waals surface area contributed by atoms with E-state index in [0.717, 1.165) is 5.56 Å². The Morgan fingerprint density at radius 1 is 1.23 bits per heavy atom. The van der Waals surface area contributed by atoms with Gasteiger partial charge in [-0.15, -0.1) is 0 Å². The maximum absolute atomic E-state index is 8.33. The van der Waals surface area contributed by atoms with Crippen LogP contribution < -0.4 is 0 Å². The smallest absolute Gasteiger partial charge is 0.0912 e. The van der Waals surface area contributed by atoms with Crippen LogP contribution in [0.5, 0.6) is 0 Å². The van der Waals surface area contributed by atoms with Crippen LogP contribution in [0.1, 0.15) is 30.9 Å². The minimum absolute atomic E-state index is 0.564. The fraction of sp³-hybridized carbons (Fsp3) is 0.250. The van der Waals surface area contributed by atoms with Crippen molar-refractivity contribution in [1.82, 2.24) is 0 Å². The summed E-state index contributed by atoms with van der Waals surface area (Å²) in [6.07, 6.45) is 3.30. The molecular formula is C12H13N. The van der Waals surface area contributed by atoms with Gasteiger partial charge in [0.05, 0.1) is 6.07 Å². The molecule has 0 aliphatic rings. The number of hydrogen-bond donors (Lipinski definition) is 0. The number of hydrogen-bond acceptors (Lipinski definition) is 1. The molecule has 0 spiro atoms. The second-order valence-electron chi connectivity index (χ2n) is 3.28. The number of nitrogens with zero attached hydrogens (tertiary/aromatic N) is 1. The summed E-state index contributed by atoms with van der Waals surface area (Å²) in [6, 6.07) is 10.2. The van der Waals surface area contributed by atoms with E-state index < -0.39 is 0 Å². The Labute approximate surface area is 79.3 Å². The highest BCUT2D eigenvalue weighted by Gasteiger charge is 1.96. The molecule has 0 amide bonds. The molecule has 1 heteroatoms. The van der Waals surface area contributed by atoms with Crippen LogP contribution >= 0.6 is 0 Å². The largest absolute Gasteiger partial charge is 0.193 e. The summed E-state index contributed by atoms with van der Waals surface area (Å²) >= 11 is 0. The highest BCUT2D eigenvalue weighted by molar-refractivity contribution is 5.52. The average Bonchev–Trinajstić information content (AvgIpc) is 2.15. The molecule has 0 radical (unpaired) electrons. The number of nitriles is 1. The molecule has 1 rings (SSSR count). The predicted octanol–water partition coefficient (Wildman–Crippen LogP) is 3.35. The van der Waals surface area contributed by atoms with Crippen molar-refractivity contribution in [2.24, 2.45) is 0 Å². The van der Waals surface area contributed by atoms with Crippen molar-refractivity contribution in [1.29, 1.82) is 5.26 Å². The van der Waals surface area contributed by atoms with Gasteiger partial charge in [-0.05, 0) is 23.1 Å². The van der Waals surface area contributed by atoms with Gasteiger partial charge in [-0.3, -0.25) is 0 Å². The molecule has 1 nitrogen and oxygen atoms in total. The number of rotatable bonds is 2. The van der Waals surface area contributed by atoms with E-state index in [4.69, 9.17) is 5.26 Å². The summed E-state index contributed by atoms with van der Waals surface area (Å²) in [4.78, 5) is 0. The van der Waals surface area contributed by atoms with E-state index in [2.05, 4.69) is 26.0 Å². The lowest BCUT2D eigenvalue weighted by Crippen LogP contribution is -1.85. The van der Waals surface area contributed by atoms with Gasteiger partial charge in [0.25, 0.3) is 0 Å². The van der Waals surface area contributed by atoms with Crippen molar-refractivity contribution in [2.75, 3.05) is 0 Å². The first-order chi connectivity index (χ1) is 6.24. The maximum Gasteiger partial charge on any atom is 0.0912 e. The third-order valence-corrected chi connectivity index (χ3v) is 1.95. The molecule has 13 heavy (non-hydrogen) atoms. The molecule has 0 aromatic heterocycles. The van der Waals surface area contributed by atoms with Gasteiger partial charge in [-0.25, -0.2) is 0 Å². The molecule has 0 bridgehead atoms. The van der Waals surface area contributed by atoms with Crippen molar-refractivity contribution in [3.63, 3.8) is 0 Å². The third kappa shape index (κ3) is 2.76. The first-order valence-corrected chi connectivity index (χ1v) is 4.40. The molecule has 1 aromatic carbocycles. The Bertz CT molecular complexity index is 325. The highest BCUT2D eigenvalue weighted by atomic mass is 14.2. The van der Waals surface area contributed by atoms with Crippen molar-refractivity contribution in [3.8, 4) is 6.07 Å². The second-order valence-corrected chi connectivity index (χ2v) is 3.28. The average molecular weight is 171 g/mol. The van der Waals surface area contributed by atoms with Crippen LogP contribution in [-0.4, -0.2) is 0 Å². The summed E-state index contributed by atoms with van der Waals surface area (Å²) < 4.78 is 0. The van der Waals surface area contributed by atoms with Crippen LogP contribution in [0.4, 0.5) is 0 Å². The van der Waals surface area contributed by atoms with E-state index >= 15 is 0 Å². The lowest BCUT2D eigenvalue weighted by atomic mass is 10.0. The predicted molar refractivity (Wildman–Crippen MR) is 55.2 cm³/mol. The van der Waals surface area contributed by atoms with Crippen LogP contribution in [0, 0.1) is 11.3 Å². The fourth-order valence-electron chi connectivity index (χ4n) is 1.13. The molecule has 0 aliphatic carbocycles. The van der Waals surface area contributed by atoms with E-state index in [-0.39, 0.29) is 0 Å². The van der Waals surface area contributed by atoms with Crippen LogP contribution in [0.25, 0.3) is 6.08 Å². The maximum atomic E-state index is 8.33. The van der Waals surface area contributed by atoms with Gasteiger partial charge >= 0.3 is 0 Å². The fourth-order valence-corrected chi connectivity index (χ4v) is 1.13. The Morgan fingerprint density at radius 3 is 2.31 bits per heavy atom. The van der Waals surface area contributed by atoms with Crippen LogP contribution in [-0.2, 0) is 0 Å². The first-order valence-electron chi connectivity index (χ1n) is 4.40. The van der Waals surface area contributed by atoms with Gasteiger partial charge in [-0.1, -0.05) is 38.1 Å². The van der Waals surface area contributed by atoms with Crippen LogP contribution in [0.3, 0.4) is 0 Å². The van der Waals surface area contributed by atoms with Crippen molar-refractivity contribution in [3.05, 3.63) is 41.5 Å². The summed E-state index contributed by atoms with van der Waals surface area (Å²) in [5.41, 5.74) is 2.40. The normalized spacial score (nSPS) is 10.6. The van der Waals surface area contributed by atoms with Gasteiger partial charge < -0.3 is 0 Å². The van der Waals surface area contributed by atoms with E-state index in [0.29, 0.717) is 5.92 Å². The van der Waals surface area contributed by atoms with Crippen LogP contribution in [0.15, 0.2) is 30.3 Å². The van der Waals surface area contributed by atoms with Gasteiger partial charge in [0.1, 0.15) is 0 Å². The Hall–Kier alpha value is -1.55. The minimum atomic E-state index is 0.564. The quantitative estimate of drug-likeness (QED) is 0.626. The van der Waals surface area contributed by atoms with Gasteiger partial charge in [0, 0.05) is 6.08 Å². The van der Waals surface area contributed by atoms with E-state index in [1.165, 1.54) is 11.6 Å². The zero-order valence-electron chi connectivity index (χ0n) is 7.99. The molecule has 1 aromatic rings.